The van der Waals surface area contributed by atoms with E-state index in [4.69, 9.17) is 14.5 Å². The molecule has 0 bridgehead atoms. The van der Waals surface area contributed by atoms with E-state index >= 15 is 0 Å². The second-order valence-electron chi connectivity index (χ2n) is 9.74. The summed E-state index contributed by atoms with van der Waals surface area (Å²) >= 11 is 0. The molecule has 1 fully saturated rings. The predicted octanol–water partition coefficient (Wildman–Crippen LogP) is 5.04. The monoisotopic (exact) mass is 512 g/mol. The molecule has 2 aliphatic rings. The van der Waals surface area contributed by atoms with Gasteiger partial charge in [-0.3, -0.25) is 9.69 Å². The zero-order valence-corrected chi connectivity index (χ0v) is 21.1. The number of pyridine rings is 1. The molecule has 0 amide bonds. The van der Waals surface area contributed by atoms with Crippen molar-refractivity contribution in [3.05, 3.63) is 95.2 Å². The molecule has 6 rings (SSSR count). The lowest BCUT2D eigenvalue weighted by atomic mass is 10.0. The first kappa shape index (κ1) is 24.5. The van der Waals surface area contributed by atoms with E-state index in [1.54, 1.807) is 24.3 Å². The van der Waals surface area contributed by atoms with Gasteiger partial charge < -0.3 is 14.0 Å². The zero-order valence-electron chi connectivity index (χ0n) is 21.1. The van der Waals surface area contributed by atoms with Crippen molar-refractivity contribution in [1.29, 1.82) is 0 Å². The second-order valence-corrected chi connectivity index (χ2v) is 9.74. The van der Waals surface area contributed by atoms with Crippen LogP contribution in [0.15, 0.2) is 66.7 Å². The number of carbonyl (C=O) groups is 1. The van der Waals surface area contributed by atoms with Crippen LogP contribution in [0.25, 0.3) is 16.6 Å². The summed E-state index contributed by atoms with van der Waals surface area (Å²) in [6.45, 7) is 4.04. The number of ether oxygens (including phenoxy) is 2. The van der Waals surface area contributed by atoms with Crippen molar-refractivity contribution in [2.75, 3.05) is 19.7 Å². The largest absolute Gasteiger partial charge is 0.473 e. The van der Waals surface area contributed by atoms with Gasteiger partial charge in [-0.15, -0.1) is 0 Å². The summed E-state index contributed by atoms with van der Waals surface area (Å²) in [7, 11) is 0. The van der Waals surface area contributed by atoms with Gasteiger partial charge in [-0.2, -0.15) is 0 Å². The summed E-state index contributed by atoms with van der Waals surface area (Å²) in [5.41, 5.74) is 5.08. The van der Waals surface area contributed by atoms with Gasteiger partial charge in [-0.05, 0) is 48.7 Å². The van der Waals surface area contributed by atoms with E-state index in [0.717, 1.165) is 67.9 Å². The summed E-state index contributed by atoms with van der Waals surface area (Å²) in [6, 6.07) is 18.0. The summed E-state index contributed by atoms with van der Waals surface area (Å²) in [4.78, 5) is 23.3. The standard InChI is InChI=1S/C30H29FN4O3/c31-25-5-2-1-4-23(25)20-38-30-7-3-6-26(33-30)22-10-13-34(14-11-22)18-29-32-27-9-8-21(19-36)16-28(27)35(29)17-24-12-15-37-24/h1-10,16,19,24H,11-15,17-18,20H2. The second kappa shape index (κ2) is 10.8. The molecule has 0 aliphatic carbocycles. The van der Waals surface area contributed by atoms with Crippen LogP contribution in [0, 0.1) is 5.82 Å². The Bertz CT molecular complexity index is 1490. The number of halogens is 1. The molecule has 1 unspecified atom stereocenters. The molecule has 194 valence electrons. The van der Waals surface area contributed by atoms with Gasteiger partial charge in [-0.1, -0.05) is 30.3 Å². The molecule has 4 heterocycles. The number of fused-ring (bicyclic) bond motifs is 1. The van der Waals surface area contributed by atoms with E-state index < -0.39 is 0 Å². The van der Waals surface area contributed by atoms with Crippen LogP contribution in [0.4, 0.5) is 4.39 Å². The van der Waals surface area contributed by atoms with Crippen molar-refractivity contribution in [2.24, 2.45) is 0 Å². The lowest BCUT2D eigenvalue weighted by Crippen LogP contribution is -2.33. The zero-order chi connectivity index (χ0) is 25.9. The van der Waals surface area contributed by atoms with Crippen LogP contribution in [0.3, 0.4) is 0 Å². The Hall–Kier alpha value is -3.88. The normalized spacial score (nSPS) is 17.7. The topological polar surface area (TPSA) is 69.5 Å². The molecule has 4 aromatic rings. The van der Waals surface area contributed by atoms with E-state index in [-0.39, 0.29) is 18.5 Å². The van der Waals surface area contributed by atoms with Crippen LogP contribution >= 0.6 is 0 Å². The highest BCUT2D eigenvalue weighted by molar-refractivity contribution is 5.85. The number of benzene rings is 2. The lowest BCUT2D eigenvalue weighted by Gasteiger charge is -2.29. The minimum Gasteiger partial charge on any atom is -0.473 e. The first-order valence-corrected chi connectivity index (χ1v) is 13.0. The van der Waals surface area contributed by atoms with Crippen molar-refractivity contribution in [3.63, 3.8) is 0 Å². The van der Waals surface area contributed by atoms with Gasteiger partial charge in [0.15, 0.2) is 0 Å². The van der Waals surface area contributed by atoms with Crippen LogP contribution < -0.4 is 4.74 Å². The Labute approximate surface area is 220 Å². The van der Waals surface area contributed by atoms with Gasteiger partial charge in [0, 0.05) is 36.9 Å². The fourth-order valence-electron chi connectivity index (χ4n) is 4.95. The highest BCUT2D eigenvalue weighted by atomic mass is 19.1. The molecule has 2 aromatic heterocycles. The average Bonchev–Trinajstić information content (AvgIpc) is 3.26. The Morgan fingerprint density at radius 1 is 1.11 bits per heavy atom. The molecule has 0 spiro atoms. The summed E-state index contributed by atoms with van der Waals surface area (Å²) in [5.74, 6) is 1.18. The molecular formula is C30H29FN4O3. The number of hydrogen-bond acceptors (Lipinski definition) is 6. The molecule has 0 N–H and O–H groups in total. The van der Waals surface area contributed by atoms with Crippen LogP contribution in [-0.2, 0) is 24.4 Å². The summed E-state index contributed by atoms with van der Waals surface area (Å²) in [5, 5.41) is 0. The molecule has 0 saturated carbocycles. The van der Waals surface area contributed by atoms with Crippen LogP contribution in [-0.4, -0.2) is 51.5 Å². The molecule has 1 saturated heterocycles. The summed E-state index contributed by atoms with van der Waals surface area (Å²) in [6.07, 6.45) is 5.17. The number of aromatic nitrogens is 3. The van der Waals surface area contributed by atoms with E-state index in [9.17, 15) is 9.18 Å². The Morgan fingerprint density at radius 2 is 2.00 bits per heavy atom. The first-order valence-electron chi connectivity index (χ1n) is 13.0. The van der Waals surface area contributed by atoms with Crippen LogP contribution in [0.5, 0.6) is 5.88 Å². The molecule has 1 atom stereocenters. The minimum atomic E-state index is -0.281. The lowest BCUT2D eigenvalue weighted by molar-refractivity contribution is -0.0591. The SMILES string of the molecule is O=Cc1ccc2nc(CN3CC=C(c4cccc(OCc5ccccc5F)n4)CC3)n(CC3CCO3)c2c1. The van der Waals surface area contributed by atoms with Gasteiger partial charge in [-0.25, -0.2) is 14.4 Å². The first-order chi connectivity index (χ1) is 18.7. The minimum absolute atomic E-state index is 0.136. The maximum atomic E-state index is 13.9. The summed E-state index contributed by atoms with van der Waals surface area (Å²) < 4.78 is 27.6. The Morgan fingerprint density at radius 3 is 2.76 bits per heavy atom. The van der Waals surface area contributed by atoms with Crippen LogP contribution in [0.1, 0.15) is 40.3 Å². The molecule has 0 radical (unpaired) electrons. The smallest absolute Gasteiger partial charge is 0.214 e. The molecular weight excluding hydrogens is 483 g/mol. The number of hydrogen-bond donors (Lipinski definition) is 0. The third kappa shape index (κ3) is 5.23. The van der Waals surface area contributed by atoms with E-state index in [1.807, 2.05) is 30.3 Å². The number of imidazole rings is 1. The Balaban J connectivity index is 1.15. The molecule has 7 nitrogen and oxygen atoms in total. The third-order valence-corrected chi connectivity index (χ3v) is 7.21. The average molecular weight is 513 g/mol. The van der Waals surface area contributed by atoms with Gasteiger partial charge in [0.1, 0.15) is 24.5 Å². The number of aldehydes is 1. The van der Waals surface area contributed by atoms with E-state index in [1.165, 1.54) is 11.6 Å². The molecule has 2 aliphatic heterocycles. The molecule has 2 aromatic carbocycles. The van der Waals surface area contributed by atoms with Crippen molar-refractivity contribution < 1.29 is 18.7 Å². The molecule has 8 heteroatoms. The van der Waals surface area contributed by atoms with E-state index in [0.29, 0.717) is 23.6 Å². The van der Waals surface area contributed by atoms with Gasteiger partial charge in [0.05, 0.1) is 35.9 Å². The predicted molar refractivity (Wildman–Crippen MR) is 142 cm³/mol. The highest BCUT2D eigenvalue weighted by Crippen LogP contribution is 2.26. The number of carbonyl (C=O) groups excluding carboxylic acids is 1. The fourth-order valence-corrected chi connectivity index (χ4v) is 4.95. The van der Waals surface area contributed by atoms with Gasteiger partial charge >= 0.3 is 0 Å². The van der Waals surface area contributed by atoms with Crippen LogP contribution in [0.2, 0.25) is 0 Å². The highest BCUT2D eigenvalue weighted by Gasteiger charge is 2.23. The maximum absolute atomic E-state index is 13.9. The fraction of sp³-hybridized carbons (Fsp3) is 0.300. The maximum Gasteiger partial charge on any atom is 0.214 e. The van der Waals surface area contributed by atoms with Gasteiger partial charge in [0.2, 0.25) is 5.88 Å². The van der Waals surface area contributed by atoms with Crippen molar-refractivity contribution in [3.8, 4) is 5.88 Å². The van der Waals surface area contributed by atoms with Crippen molar-refractivity contribution in [1.82, 2.24) is 19.4 Å². The van der Waals surface area contributed by atoms with Gasteiger partial charge in [0.25, 0.3) is 0 Å². The quantitative estimate of drug-likeness (QED) is 0.293. The third-order valence-electron chi connectivity index (χ3n) is 7.21. The Kier molecular flexibility index (Phi) is 6.98. The van der Waals surface area contributed by atoms with Crippen molar-refractivity contribution >= 4 is 22.9 Å². The number of nitrogens with zero attached hydrogens (tertiary/aromatic N) is 4. The van der Waals surface area contributed by atoms with Crippen molar-refractivity contribution in [2.45, 2.75) is 38.6 Å². The molecule has 38 heavy (non-hydrogen) atoms. The number of rotatable bonds is 9. The van der Waals surface area contributed by atoms with E-state index in [2.05, 4.69) is 20.5 Å².